The zero-order valence-corrected chi connectivity index (χ0v) is 10.9. The summed E-state index contributed by atoms with van der Waals surface area (Å²) in [5.41, 5.74) is 0.257. The van der Waals surface area contributed by atoms with E-state index >= 15 is 0 Å². The molecule has 2 unspecified atom stereocenters. The van der Waals surface area contributed by atoms with Crippen molar-refractivity contribution >= 4 is 19.4 Å². The Bertz CT molecular complexity index is 140. The first kappa shape index (κ1) is 12.5. The largest absolute Gasteiger partial charge is 0.404 e. The van der Waals surface area contributed by atoms with Crippen LogP contribution in [-0.2, 0) is 9.16 Å². The minimum atomic E-state index is -1.58. The van der Waals surface area contributed by atoms with Gasteiger partial charge in [-0.05, 0) is 25.7 Å². The van der Waals surface area contributed by atoms with Crippen molar-refractivity contribution in [1.29, 1.82) is 0 Å². The first-order valence-electron chi connectivity index (χ1n) is 5.72. The van der Waals surface area contributed by atoms with Gasteiger partial charge in [0.2, 0.25) is 0 Å². The van der Waals surface area contributed by atoms with E-state index in [-0.39, 0.29) is 5.73 Å². The van der Waals surface area contributed by atoms with Crippen LogP contribution >= 0.6 is 11.1 Å². The van der Waals surface area contributed by atoms with E-state index in [0.717, 1.165) is 26.1 Å². The highest BCUT2D eigenvalue weighted by atomic mass is 35.6. The van der Waals surface area contributed by atoms with Crippen LogP contribution in [0.25, 0.3) is 0 Å². The van der Waals surface area contributed by atoms with Gasteiger partial charge < -0.3 is 9.16 Å². The number of ether oxygens (including phenoxy) is 1. The maximum atomic E-state index is 6.23. The van der Waals surface area contributed by atoms with Crippen molar-refractivity contribution in [3.8, 4) is 0 Å². The van der Waals surface area contributed by atoms with Crippen molar-refractivity contribution < 1.29 is 9.16 Å². The minimum Gasteiger partial charge on any atom is -0.404 e. The Morgan fingerprint density at radius 3 is 2.93 bits per heavy atom. The van der Waals surface area contributed by atoms with Crippen LogP contribution in [0.1, 0.15) is 45.4 Å². The molecular weight excluding hydrogens is 216 g/mol. The second-order valence-corrected chi connectivity index (χ2v) is 6.90. The average Bonchev–Trinajstić information content (AvgIpc) is 2.25. The molecule has 84 valence electrons. The SMILES string of the molecule is CCCCCO[SiH](Cl)C1CCCCO1. The molecule has 14 heavy (non-hydrogen) atoms. The van der Waals surface area contributed by atoms with E-state index in [1.165, 1.54) is 25.7 Å². The van der Waals surface area contributed by atoms with Crippen LogP contribution in [0.5, 0.6) is 0 Å². The lowest BCUT2D eigenvalue weighted by molar-refractivity contribution is 0.0531. The van der Waals surface area contributed by atoms with Crippen LogP contribution in [-0.4, -0.2) is 27.3 Å². The molecule has 2 atom stereocenters. The van der Waals surface area contributed by atoms with Crippen molar-refractivity contribution in [2.24, 2.45) is 0 Å². The molecule has 0 N–H and O–H groups in total. The maximum Gasteiger partial charge on any atom is 0.302 e. The lowest BCUT2D eigenvalue weighted by Crippen LogP contribution is -2.34. The average molecular weight is 237 g/mol. The summed E-state index contributed by atoms with van der Waals surface area (Å²) in [6.07, 6.45) is 7.15. The van der Waals surface area contributed by atoms with Crippen LogP contribution in [0.4, 0.5) is 0 Å². The monoisotopic (exact) mass is 236 g/mol. The Balaban J connectivity index is 2.04. The normalized spacial score (nSPS) is 24.9. The van der Waals surface area contributed by atoms with Crippen LogP contribution in [0, 0.1) is 0 Å². The molecule has 2 nitrogen and oxygen atoms in total. The number of hydrogen-bond acceptors (Lipinski definition) is 2. The fourth-order valence-corrected chi connectivity index (χ4v) is 3.88. The van der Waals surface area contributed by atoms with Gasteiger partial charge in [0.1, 0.15) is 0 Å². The summed E-state index contributed by atoms with van der Waals surface area (Å²) in [7, 11) is -1.58. The highest BCUT2D eigenvalue weighted by Crippen LogP contribution is 2.17. The Kier molecular flexibility index (Phi) is 6.86. The van der Waals surface area contributed by atoms with Gasteiger partial charge in [0, 0.05) is 13.2 Å². The Hall–Kier alpha value is 0.427. The molecule has 0 spiro atoms. The molecule has 0 bridgehead atoms. The highest BCUT2D eigenvalue weighted by molar-refractivity contribution is 7.03. The van der Waals surface area contributed by atoms with E-state index in [0.29, 0.717) is 0 Å². The Morgan fingerprint density at radius 1 is 1.43 bits per heavy atom. The quantitative estimate of drug-likeness (QED) is 0.401. The van der Waals surface area contributed by atoms with Crippen molar-refractivity contribution in [3.05, 3.63) is 0 Å². The fourth-order valence-electron chi connectivity index (χ4n) is 1.63. The van der Waals surface area contributed by atoms with E-state index < -0.39 is 8.35 Å². The molecule has 0 radical (unpaired) electrons. The van der Waals surface area contributed by atoms with E-state index in [1.54, 1.807) is 0 Å². The fraction of sp³-hybridized carbons (Fsp3) is 1.00. The molecule has 0 aromatic carbocycles. The van der Waals surface area contributed by atoms with E-state index in [9.17, 15) is 0 Å². The second kappa shape index (κ2) is 7.68. The zero-order valence-electron chi connectivity index (χ0n) is 9.01. The van der Waals surface area contributed by atoms with E-state index in [2.05, 4.69) is 6.92 Å². The summed E-state index contributed by atoms with van der Waals surface area (Å²) < 4.78 is 11.3. The van der Waals surface area contributed by atoms with Crippen molar-refractivity contribution in [2.75, 3.05) is 13.2 Å². The lowest BCUT2D eigenvalue weighted by Gasteiger charge is -2.25. The summed E-state index contributed by atoms with van der Waals surface area (Å²) in [5, 5.41) is 0. The molecule has 0 aliphatic carbocycles. The molecule has 0 aromatic rings. The van der Waals surface area contributed by atoms with E-state index in [1.807, 2.05) is 0 Å². The third-order valence-electron chi connectivity index (χ3n) is 2.53. The highest BCUT2D eigenvalue weighted by Gasteiger charge is 2.25. The van der Waals surface area contributed by atoms with Gasteiger partial charge in [0.05, 0.1) is 5.73 Å². The van der Waals surface area contributed by atoms with Gasteiger partial charge in [-0.2, -0.15) is 0 Å². The van der Waals surface area contributed by atoms with Gasteiger partial charge in [0.25, 0.3) is 0 Å². The lowest BCUT2D eigenvalue weighted by atomic mass is 10.2. The molecule has 1 fully saturated rings. The number of hydrogen-bond donors (Lipinski definition) is 0. The van der Waals surface area contributed by atoms with Gasteiger partial charge >= 0.3 is 8.35 Å². The standard InChI is InChI=1S/C10H21ClO2Si/c1-2-3-5-9-13-14(11)10-7-4-6-8-12-10/h10,14H,2-9H2,1H3. The molecule has 0 amide bonds. The van der Waals surface area contributed by atoms with Gasteiger partial charge in [-0.25, -0.2) is 0 Å². The van der Waals surface area contributed by atoms with Crippen molar-refractivity contribution in [2.45, 2.75) is 51.2 Å². The predicted octanol–water partition coefficient (Wildman–Crippen LogP) is 2.76. The maximum absolute atomic E-state index is 6.23. The van der Waals surface area contributed by atoms with Gasteiger partial charge in [-0.15, -0.1) is 11.1 Å². The summed E-state index contributed by atoms with van der Waals surface area (Å²) in [6, 6.07) is 0. The third kappa shape index (κ3) is 4.78. The topological polar surface area (TPSA) is 18.5 Å². The predicted molar refractivity (Wildman–Crippen MR) is 62.1 cm³/mol. The molecule has 1 rings (SSSR count). The minimum absolute atomic E-state index is 0.257. The third-order valence-corrected chi connectivity index (χ3v) is 5.42. The molecule has 1 aliphatic rings. The summed E-state index contributed by atoms with van der Waals surface area (Å²) >= 11 is 6.23. The molecule has 1 heterocycles. The Labute approximate surface area is 93.4 Å². The number of unbranched alkanes of at least 4 members (excludes halogenated alkanes) is 2. The molecule has 4 heteroatoms. The van der Waals surface area contributed by atoms with E-state index in [4.69, 9.17) is 20.2 Å². The summed E-state index contributed by atoms with van der Waals surface area (Å²) in [5.74, 6) is 0. The van der Waals surface area contributed by atoms with Crippen molar-refractivity contribution in [3.63, 3.8) is 0 Å². The number of rotatable bonds is 6. The first-order valence-corrected chi connectivity index (χ1v) is 8.60. The van der Waals surface area contributed by atoms with Gasteiger partial charge in [-0.3, -0.25) is 0 Å². The Morgan fingerprint density at radius 2 is 2.29 bits per heavy atom. The van der Waals surface area contributed by atoms with Crippen LogP contribution in [0.15, 0.2) is 0 Å². The van der Waals surface area contributed by atoms with Crippen LogP contribution < -0.4 is 0 Å². The zero-order chi connectivity index (χ0) is 10.2. The van der Waals surface area contributed by atoms with Crippen LogP contribution in [0.2, 0.25) is 0 Å². The molecule has 1 saturated heterocycles. The second-order valence-electron chi connectivity index (χ2n) is 3.83. The number of halogens is 1. The first-order chi connectivity index (χ1) is 6.84. The van der Waals surface area contributed by atoms with Gasteiger partial charge in [0.15, 0.2) is 0 Å². The molecule has 0 saturated carbocycles. The smallest absolute Gasteiger partial charge is 0.302 e. The van der Waals surface area contributed by atoms with Gasteiger partial charge in [-0.1, -0.05) is 19.8 Å². The van der Waals surface area contributed by atoms with Crippen molar-refractivity contribution in [1.82, 2.24) is 0 Å². The summed E-state index contributed by atoms with van der Waals surface area (Å²) in [6.45, 7) is 3.90. The molecule has 1 aliphatic heterocycles. The molecular formula is C10H21ClO2Si. The summed E-state index contributed by atoms with van der Waals surface area (Å²) in [4.78, 5) is 0. The van der Waals surface area contributed by atoms with Crippen LogP contribution in [0.3, 0.4) is 0 Å². The molecule has 0 aromatic heterocycles.